The lowest BCUT2D eigenvalue weighted by Crippen LogP contribution is -2.17. The molecule has 3 heteroatoms. The number of fused-ring (bicyclic) bond motifs is 6. The number of aryl methyl sites for hydroxylation is 6. The van der Waals surface area contributed by atoms with Gasteiger partial charge in [-0.25, -0.2) is 0 Å². The molecule has 0 aliphatic heterocycles. The second-order valence-electron chi connectivity index (χ2n) is 12.8. The summed E-state index contributed by atoms with van der Waals surface area (Å²) in [6, 6.07) is 6.99. The van der Waals surface area contributed by atoms with Crippen molar-refractivity contribution in [2.75, 3.05) is 0 Å². The first-order valence-corrected chi connectivity index (χ1v) is 14.8. The highest BCUT2D eigenvalue weighted by Gasteiger charge is 2.47. The van der Waals surface area contributed by atoms with Crippen LogP contribution in [0.4, 0.5) is 0 Å². The molecule has 5 aliphatic rings. The van der Waals surface area contributed by atoms with Crippen molar-refractivity contribution in [1.29, 1.82) is 0 Å². The second kappa shape index (κ2) is 9.97. The number of hydrogen-bond acceptors (Lipinski definition) is 3. The molecule has 3 aromatic heterocycles. The minimum atomic E-state index is 0.590. The van der Waals surface area contributed by atoms with Crippen molar-refractivity contribution in [3.63, 3.8) is 0 Å². The Morgan fingerprint density at radius 2 is 1.43 bits per heavy atom. The van der Waals surface area contributed by atoms with Crippen molar-refractivity contribution in [3.05, 3.63) is 87.3 Å². The Labute approximate surface area is 223 Å². The van der Waals surface area contributed by atoms with Gasteiger partial charge in [-0.2, -0.15) is 0 Å². The number of hydrogen-bond donors (Lipinski definition) is 0. The van der Waals surface area contributed by atoms with Crippen LogP contribution in [0.1, 0.15) is 108 Å². The van der Waals surface area contributed by atoms with Gasteiger partial charge in [-0.05, 0) is 148 Å². The maximum atomic E-state index is 4.55. The molecule has 3 nitrogen and oxygen atoms in total. The first-order chi connectivity index (χ1) is 17.9. The van der Waals surface area contributed by atoms with Gasteiger partial charge in [0, 0.05) is 35.7 Å². The van der Waals surface area contributed by atoms with Crippen LogP contribution in [0.2, 0.25) is 0 Å². The second-order valence-corrected chi connectivity index (χ2v) is 12.8. The lowest BCUT2D eigenvalue weighted by Gasteiger charge is -2.24. The summed E-state index contributed by atoms with van der Waals surface area (Å²) in [7, 11) is 0. The maximum Gasteiger partial charge on any atom is 0.0441 e. The van der Waals surface area contributed by atoms with Gasteiger partial charge in [0.15, 0.2) is 0 Å². The Bertz CT molecular complexity index is 1290. The summed E-state index contributed by atoms with van der Waals surface area (Å²) < 4.78 is 0. The van der Waals surface area contributed by atoms with Crippen molar-refractivity contribution in [2.24, 2.45) is 11.8 Å². The van der Waals surface area contributed by atoms with Crippen molar-refractivity contribution < 1.29 is 0 Å². The van der Waals surface area contributed by atoms with Crippen molar-refractivity contribution in [3.8, 4) is 0 Å². The molecule has 194 valence electrons. The molecule has 0 saturated heterocycles. The molecular weight excluding hydrogens is 450 g/mol. The SMILES string of the molecule is Cc1cnc2c(c1)C1(CCC2)CC1.Cc1cnc2c(c1)C1CC1CC2.Cc1cnc2c(c1)CCC(C)C2. The van der Waals surface area contributed by atoms with Gasteiger partial charge in [0.25, 0.3) is 0 Å². The fraction of sp³-hybridized carbons (Fsp3) is 0.559. The topological polar surface area (TPSA) is 38.7 Å². The smallest absolute Gasteiger partial charge is 0.0441 e. The first-order valence-electron chi connectivity index (χ1n) is 14.8. The summed E-state index contributed by atoms with van der Waals surface area (Å²) in [6.07, 6.45) is 20.5. The summed E-state index contributed by atoms with van der Waals surface area (Å²) in [5, 5.41) is 0. The Kier molecular flexibility index (Phi) is 6.67. The summed E-state index contributed by atoms with van der Waals surface area (Å²) in [5.74, 6) is 2.73. The largest absolute Gasteiger partial charge is 0.261 e. The predicted molar refractivity (Wildman–Crippen MR) is 151 cm³/mol. The molecular formula is C34H43N3. The molecule has 0 N–H and O–H groups in total. The van der Waals surface area contributed by atoms with Gasteiger partial charge in [0.1, 0.15) is 0 Å². The van der Waals surface area contributed by atoms with Gasteiger partial charge < -0.3 is 0 Å². The van der Waals surface area contributed by atoms with Crippen molar-refractivity contribution in [1.82, 2.24) is 15.0 Å². The summed E-state index contributed by atoms with van der Waals surface area (Å²) >= 11 is 0. The van der Waals surface area contributed by atoms with Crippen LogP contribution in [0.15, 0.2) is 36.8 Å². The summed E-state index contributed by atoms with van der Waals surface area (Å²) in [6.45, 7) is 8.72. The molecule has 3 atom stereocenters. The van der Waals surface area contributed by atoms with Crippen LogP contribution in [0, 0.1) is 32.6 Å². The molecule has 8 rings (SSSR count). The summed E-state index contributed by atoms with van der Waals surface area (Å²) in [4.78, 5) is 13.5. The molecule has 0 aromatic carbocycles. The molecule has 37 heavy (non-hydrogen) atoms. The molecule has 0 bridgehead atoms. The monoisotopic (exact) mass is 493 g/mol. The zero-order chi connectivity index (χ0) is 25.6. The van der Waals surface area contributed by atoms with E-state index in [2.05, 4.69) is 60.8 Å². The minimum absolute atomic E-state index is 0.590. The third kappa shape index (κ3) is 5.38. The molecule has 5 aliphatic carbocycles. The molecule has 3 heterocycles. The Morgan fingerprint density at radius 1 is 0.730 bits per heavy atom. The van der Waals surface area contributed by atoms with Gasteiger partial charge in [0.2, 0.25) is 0 Å². The van der Waals surface area contributed by atoms with Gasteiger partial charge in [0.05, 0.1) is 0 Å². The summed E-state index contributed by atoms with van der Waals surface area (Å²) in [5.41, 5.74) is 13.2. The van der Waals surface area contributed by atoms with Crippen molar-refractivity contribution in [2.45, 2.75) is 110 Å². The zero-order valence-corrected chi connectivity index (χ0v) is 23.3. The van der Waals surface area contributed by atoms with Gasteiger partial charge in [-0.3, -0.25) is 15.0 Å². The van der Waals surface area contributed by atoms with E-state index in [1.165, 1.54) is 110 Å². The van der Waals surface area contributed by atoms with E-state index < -0.39 is 0 Å². The zero-order valence-electron chi connectivity index (χ0n) is 23.3. The molecule has 2 saturated carbocycles. The van der Waals surface area contributed by atoms with Crippen LogP contribution in [0.3, 0.4) is 0 Å². The van der Waals surface area contributed by atoms with E-state index >= 15 is 0 Å². The normalized spacial score (nSPS) is 25.1. The van der Waals surface area contributed by atoms with E-state index in [4.69, 9.17) is 0 Å². The quantitative estimate of drug-likeness (QED) is 0.322. The van der Waals surface area contributed by atoms with Gasteiger partial charge in [-0.15, -0.1) is 0 Å². The predicted octanol–water partition coefficient (Wildman–Crippen LogP) is 7.71. The number of nitrogens with zero attached hydrogens (tertiary/aromatic N) is 3. The maximum absolute atomic E-state index is 4.55. The molecule has 0 radical (unpaired) electrons. The number of rotatable bonds is 0. The Morgan fingerprint density at radius 3 is 2.22 bits per heavy atom. The molecule has 2 fully saturated rings. The highest BCUT2D eigenvalue weighted by Crippen LogP contribution is 2.55. The van der Waals surface area contributed by atoms with Crippen LogP contribution >= 0.6 is 0 Å². The highest BCUT2D eigenvalue weighted by atomic mass is 14.7. The lowest BCUT2D eigenvalue weighted by atomic mass is 9.82. The van der Waals surface area contributed by atoms with E-state index in [9.17, 15) is 0 Å². The molecule has 3 unspecified atom stereocenters. The minimum Gasteiger partial charge on any atom is -0.261 e. The van der Waals surface area contributed by atoms with Crippen LogP contribution in [0.5, 0.6) is 0 Å². The average Bonchev–Trinajstić information content (AvgIpc) is 3.82. The Hall–Kier alpha value is -2.55. The van der Waals surface area contributed by atoms with E-state index in [0.29, 0.717) is 5.41 Å². The molecule has 1 spiro atoms. The molecule has 3 aromatic rings. The number of pyridine rings is 3. The molecule has 0 amide bonds. The van der Waals surface area contributed by atoms with E-state index in [1.807, 2.05) is 18.6 Å². The van der Waals surface area contributed by atoms with E-state index in [0.717, 1.165) is 17.8 Å². The standard InChI is InChI=1S/C12H15N.C11H13N.C11H15N/c1-9-7-10-11(13-8-9)3-2-4-12(10)5-6-12;1-7-4-10-9-5-8(9)2-3-11(10)12-6-7;1-8-3-4-10-5-9(2)7-12-11(10)6-8/h7-8H,2-6H2,1H3;4,6,8-9H,2-3,5H2,1H3;5,7-8H,3-4,6H2,1-2H3. The van der Waals surface area contributed by atoms with Crippen molar-refractivity contribution >= 4 is 0 Å². The first kappa shape index (κ1) is 24.8. The lowest BCUT2D eigenvalue weighted by molar-refractivity contribution is 0.492. The van der Waals surface area contributed by atoms with Crippen LogP contribution in [-0.4, -0.2) is 15.0 Å². The third-order valence-corrected chi connectivity index (χ3v) is 9.46. The van der Waals surface area contributed by atoms with Gasteiger partial charge in [-0.1, -0.05) is 25.1 Å². The van der Waals surface area contributed by atoms with Crippen LogP contribution < -0.4 is 0 Å². The van der Waals surface area contributed by atoms with Crippen LogP contribution in [-0.2, 0) is 31.1 Å². The third-order valence-electron chi connectivity index (χ3n) is 9.46. The average molecular weight is 494 g/mol. The number of aromatic nitrogens is 3. The fourth-order valence-corrected chi connectivity index (χ4v) is 6.97. The highest BCUT2D eigenvalue weighted by molar-refractivity contribution is 5.39. The van der Waals surface area contributed by atoms with E-state index in [-0.39, 0.29) is 0 Å². The fourth-order valence-electron chi connectivity index (χ4n) is 6.97. The van der Waals surface area contributed by atoms with E-state index in [1.54, 1.807) is 11.1 Å². The van der Waals surface area contributed by atoms with Gasteiger partial charge >= 0.3 is 0 Å². The van der Waals surface area contributed by atoms with Crippen LogP contribution in [0.25, 0.3) is 0 Å². The Balaban J connectivity index is 0.000000102.